The molecule has 0 unspecified atom stereocenters. The lowest BCUT2D eigenvalue weighted by Gasteiger charge is -2.04. The van der Waals surface area contributed by atoms with Crippen molar-refractivity contribution >= 4 is 21.6 Å². The molecule has 0 saturated heterocycles. The van der Waals surface area contributed by atoms with Gasteiger partial charge in [0.2, 0.25) is 15.9 Å². The lowest BCUT2D eigenvalue weighted by atomic mass is 10.1. The summed E-state index contributed by atoms with van der Waals surface area (Å²) < 4.78 is 48.1. The first-order chi connectivity index (χ1) is 14.8. The summed E-state index contributed by atoms with van der Waals surface area (Å²) in [6.45, 7) is 0.0315. The summed E-state index contributed by atoms with van der Waals surface area (Å²) in [5.74, 6) is 0.839. The number of rotatable bonds is 6. The Morgan fingerprint density at radius 1 is 1.00 bits per heavy atom. The summed E-state index contributed by atoms with van der Waals surface area (Å²) in [5, 5.41) is 5.70. The maximum absolute atomic E-state index is 13.4. The summed E-state index contributed by atoms with van der Waals surface area (Å²) in [5.41, 5.74) is 1.67. The Balaban J connectivity index is 1.71. The van der Waals surface area contributed by atoms with E-state index < -0.39 is 10.0 Å². The molecule has 0 amide bonds. The van der Waals surface area contributed by atoms with Crippen molar-refractivity contribution in [1.29, 1.82) is 0 Å². The molecule has 0 atom stereocenters. The van der Waals surface area contributed by atoms with Gasteiger partial charge in [-0.25, -0.2) is 22.9 Å². The van der Waals surface area contributed by atoms with Gasteiger partial charge in [0.1, 0.15) is 17.3 Å². The SMILES string of the molecule is NS(=O)(=O)c1ccc(-c2oc(COc3cccc(Cl)c3)nc2-c2ccc(F)cc2)cc1. The summed E-state index contributed by atoms with van der Waals surface area (Å²) in [6, 6.07) is 18.6. The minimum atomic E-state index is -3.83. The first-order valence-electron chi connectivity index (χ1n) is 9.07. The number of halogens is 2. The van der Waals surface area contributed by atoms with Crippen LogP contribution in [-0.2, 0) is 16.6 Å². The molecule has 6 nitrogen and oxygen atoms in total. The number of primary sulfonamides is 1. The van der Waals surface area contributed by atoms with Crippen molar-refractivity contribution in [1.82, 2.24) is 4.98 Å². The number of hydrogen-bond donors (Lipinski definition) is 1. The molecule has 0 spiro atoms. The third-order valence-electron chi connectivity index (χ3n) is 4.39. The van der Waals surface area contributed by atoms with Crippen LogP contribution in [0.2, 0.25) is 5.02 Å². The second kappa shape index (κ2) is 8.50. The molecule has 0 bridgehead atoms. The van der Waals surface area contributed by atoms with Gasteiger partial charge >= 0.3 is 0 Å². The van der Waals surface area contributed by atoms with Gasteiger partial charge in [0, 0.05) is 16.1 Å². The van der Waals surface area contributed by atoms with E-state index in [1.807, 2.05) is 0 Å². The van der Waals surface area contributed by atoms with Crippen LogP contribution in [0.1, 0.15) is 5.89 Å². The van der Waals surface area contributed by atoms with E-state index in [4.69, 9.17) is 25.9 Å². The summed E-state index contributed by atoms with van der Waals surface area (Å²) >= 11 is 5.97. The number of nitrogens with zero attached hydrogens (tertiary/aromatic N) is 1. The first kappa shape index (κ1) is 21.0. The molecule has 0 saturated carbocycles. The van der Waals surface area contributed by atoms with E-state index >= 15 is 0 Å². The van der Waals surface area contributed by atoms with Crippen LogP contribution in [0.5, 0.6) is 5.75 Å². The summed E-state index contributed by atoms with van der Waals surface area (Å²) in [6.07, 6.45) is 0. The molecule has 4 aromatic rings. The zero-order chi connectivity index (χ0) is 22.0. The molecule has 0 fully saturated rings. The molecule has 0 radical (unpaired) electrons. The van der Waals surface area contributed by atoms with Crippen molar-refractivity contribution in [3.05, 3.63) is 89.5 Å². The van der Waals surface area contributed by atoms with Crippen LogP contribution in [0, 0.1) is 5.82 Å². The Hall–Kier alpha value is -3.20. The number of oxazole rings is 1. The molecule has 0 aliphatic rings. The van der Waals surface area contributed by atoms with Gasteiger partial charge in [-0.1, -0.05) is 17.7 Å². The number of nitrogens with two attached hydrogens (primary N) is 1. The predicted molar refractivity (Wildman–Crippen MR) is 114 cm³/mol. The van der Waals surface area contributed by atoms with Crippen molar-refractivity contribution in [3.63, 3.8) is 0 Å². The highest BCUT2D eigenvalue weighted by atomic mass is 35.5. The van der Waals surface area contributed by atoms with Gasteiger partial charge < -0.3 is 9.15 Å². The summed E-state index contributed by atoms with van der Waals surface area (Å²) in [4.78, 5) is 4.48. The van der Waals surface area contributed by atoms with Crippen LogP contribution in [0.3, 0.4) is 0 Å². The van der Waals surface area contributed by atoms with Crippen LogP contribution in [0.15, 0.2) is 82.1 Å². The lowest BCUT2D eigenvalue weighted by molar-refractivity contribution is 0.264. The van der Waals surface area contributed by atoms with E-state index in [0.717, 1.165) is 0 Å². The Labute approximate surface area is 183 Å². The average Bonchev–Trinajstić information content (AvgIpc) is 3.17. The second-order valence-corrected chi connectivity index (χ2v) is 8.61. The molecule has 0 aliphatic carbocycles. The Morgan fingerprint density at radius 2 is 1.68 bits per heavy atom. The minimum Gasteiger partial charge on any atom is -0.484 e. The molecule has 1 aromatic heterocycles. The van der Waals surface area contributed by atoms with Gasteiger partial charge in [0.25, 0.3) is 0 Å². The Morgan fingerprint density at radius 3 is 2.32 bits per heavy atom. The number of ether oxygens (including phenoxy) is 1. The molecule has 0 aliphatic heterocycles. The monoisotopic (exact) mass is 458 g/mol. The number of hydrogen-bond acceptors (Lipinski definition) is 5. The van der Waals surface area contributed by atoms with E-state index in [1.54, 1.807) is 48.5 Å². The van der Waals surface area contributed by atoms with Crippen LogP contribution >= 0.6 is 11.6 Å². The molecule has 31 heavy (non-hydrogen) atoms. The van der Waals surface area contributed by atoms with Crippen molar-refractivity contribution in [3.8, 4) is 28.3 Å². The fraction of sp³-hybridized carbons (Fsp3) is 0.0455. The van der Waals surface area contributed by atoms with E-state index in [0.29, 0.717) is 33.4 Å². The standard InChI is InChI=1S/C22H16ClFN2O4S/c23-16-2-1-3-18(12-16)29-13-20-26-21(14-4-8-17(24)9-5-14)22(30-20)15-6-10-19(11-7-15)31(25,27)28/h1-12H,13H2,(H2,25,27,28). The fourth-order valence-corrected chi connectivity index (χ4v) is 3.62. The Kier molecular flexibility index (Phi) is 5.77. The third kappa shape index (κ3) is 4.93. The third-order valence-corrected chi connectivity index (χ3v) is 5.56. The smallest absolute Gasteiger partial charge is 0.238 e. The van der Waals surface area contributed by atoms with Gasteiger partial charge in [-0.15, -0.1) is 0 Å². The molecule has 1 heterocycles. The maximum atomic E-state index is 13.4. The second-order valence-electron chi connectivity index (χ2n) is 6.61. The zero-order valence-electron chi connectivity index (χ0n) is 16.0. The van der Waals surface area contributed by atoms with E-state index in [2.05, 4.69) is 4.98 Å². The number of sulfonamides is 1. The summed E-state index contributed by atoms with van der Waals surface area (Å²) in [7, 11) is -3.83. The van der Waals surface area contributed by atoms with Gasteiger partial charge in [-0.05, 0) is 66.7 Å². The molecule has 4 rings (SSSR count). The van der Waals surface area contributed by atoms with E-state index in [-0.39, 0.29) is 23.2 Å². The first-order valence-corrected chi connectivity index (χ1v) is 11.0. The highest BCUT2D eigenvalue weighted by Crippen LogP contribution is 2.33. The highest BCUT2D eigenvalue weighted by molar-refractivity contribution is 7.89. The zero-order valence-corrected chi connectivity index (χ0v) is 17.5. The van der Waals surface area contributed by atoms with E-state index in [1.165, 1.54) is 24.3 Å². The number of benzene rings is 3. The number of aromatic nitrogens is 1. The largest absolute Gasteiger partial charge is 0.484 e. The maximum Gasteiger partial charge on any atom is 0.238 e. The van der Waals surface area contributed by atoms with Gasteiger partial charge in [-0.3, -0.25) is 0 Å². The predicted octanol–water partition coefficient (Wildman–Crippen LogP) is 5.03. The minimum absolute atomic E-state index is 0.0244. The van der Waals surface area contributed by atoms with Gasteiger partial charge in [0.15, 0.2) is 12.4 Å². The van der Waals surface area contributed by atoms with Crippen LogP contribution in [0.4, 0.5) is 4.39 Å². The van der Waals surface area contributed by atoms with Crippen LogP contribution < -0.4 is 9.88 Å². The van der Waals surface area contributed by atoms with Gasteiger partial charge in [0.05, 0.1) is 4.90 Å². The highest BCUT2D eigenvalue weighted by Gasteiger charge is 2.18. The lowest BCUT2D eigenvalue weighted by Crippen LogP contribution is -2.11. The van der Waals surface area contributed by atoms with Crippen molar-refractivity contribution in [2.45, 2.75) is 11.5 Å². The molecular formula is C22H16ClFN2O4S. The van der Waals surface area contributed by atoms with E-state index in [9.17, 15) is 12.8 Å². The van der Waals surface area contributed by atoms with Crippen LogP contribution in [-0.4, -0.2) is 13.4 Å². The Bertz CT molecular complexity index is 1320. The fourth-order valence-electron chi connectivity index (χ4n) is 2.92. The van der Waals surface area contributed by atoms with Crippen molar-refractivity contribution in [2.75, 3.05) is 0 Å². The topological polar surface area (TPSA) is 95.4 Å². The molecular weight excluding hydrogens is 443 g/mol. The normalized spacial score (nSPS) is 11.5. The van der Waals surface area contributed by atoms with Gasteiger partial charge in [-0.2, -0.15) is 0 Å². The average molecular weight is 459 g/mol. The molecule has 2 N–H and O–H groups in total. The molecule has 3 aromatic carbocycles. The van der Waals surface area contributed by atoms with Crippen LogP contribution in [0.25, 0.3) is 22.6 Å². The molecule has 9 heteroatoms. The van der Waals surface area contributed by atoms with Crippen molar-refractivity contribution in [2.24, 2.45) is 5.14 Å². The molecule has 158 valence electrons. The quantitative estimate of drug-likeness (QED) is 0.437. The van der Waals surface area contributed by atoms with Crippen molar-refractivity contribution < 1.29 is 22.0 Å².